The minimum Gasteiger partial charge on any atom is -0.381 e. The minimum absolute atomic E-state index is 0.443. The molecule has 0 amide bonds. The minimum atomic E-state index is 0.443. The van der Waals surface area contributed by atoms with Crippen molar-refractivity contribution in [2.75, 3.05) is 26.3 Å². The average molecular weight is 331 g/mol. The van der Waals surface area contributed by atoms with E-state index >= 15 is 0 Å². The van der Waals surface area contributed by atoms with Crippen LogP contribution in [0, 0.1) is 5.92 Å². The van der Waals surface area contributed by atoms with Crippen molar-refractivity contribution >= 4 is 0 Å². The summed E-state index contributed by atoms with van der Waals surface area (Å²) in [6.07, 6.45) is 8.12. The fourth-order valence-electron chi connectivity index (χ4n) is 3.67. The van der Waals surface area contributed by atoms with E-state index < -0.39 is 0 Å². The lowest BCUT2D eigenvalue weighted by molar-refractivity contribution is 0.107. The van der Waals surface area contributed by atoms with E-state index in [0.717, 1.165) is 38.7 Å². The van der Waals surface area contributed by atoms with Crippen LogP contribution in [0.3, 0.4) is 0 Å². The van der Waals surface area contributed by atoms with Crippen molar-refractivity contribution in [1.82, 2.24) is 24.2 Å². The maximum atomic E-state index is 5.75. The highest BCUT2D eigenvalue weighted by atomic mass is 16.5. The number of aryl methyl sites for hydroxylation is 1. The van der Waals surface area contributed by atoms with Crippen LogP contribution in [-0.4, -0.2) is 50.5 Å². The topological polar surface area (TPSA) is 48.1 Å². The van der Waals surface area contributed by atoms with E-state index in [1.54, 1.807) is 0 Å². The lowest BCUT2D eigenvalue weighted by Gasteiger charge is -2.18. The van der Waals surface area contributed by atoms with Gasteiger partial charge in [0.05, 0.1) is 19.3 Å². The highest BCUT2D eigenvalue weighted by Gasteiger charge is 2.35. The molecule has 0 spiro atoms. The van der Waals surface area contributed by atoms with E-state index in [-0.39, 0.29) is 0 Å². The number of imidazole rings is 1. The highest BCUT2D eigenvalue weighted by molar-refractivity contribution is 5.16. The number of hydrogen-bond acceptors (Lipinski definition) is 4. The van der Waals surface area contributed by atoms with Crippen LogP contribution < -0.4 is 0 Å². The lowest BCUT2D eigenvalue weighted by Crippen LogP contribution is -2.24. The first kappa shape index (κ1) is 17.2. The van der Waals surface area contributed by atoms with Crippen molar-refractivity contribution in [2.24, 2.45) is 13.0 Å². The molecule has 0 radical (unpaired) electrons. The van der Waals surface area contributed by atoms with E-state index in [9.17, 15) is 0 Å². The number of likely N-dealkylation sites (tertiary alicyclic amines) is 1. The molecule has 2 atom stereocenters. The molecule has 0 saturated carbocycles. The molecule has 0 bridgehead atoms. The van der Waals surface area contributed by atoms with Gasteiger partial charge in [-0.3, -0.25) is 9.58 Å². The summed E-state index contributed by atoms with van der Waals surface area (Å²) < 4.78 is 9.90. The van der Waals surface area contributed by atoms with Gasteiger partial charge in [0.15, 0.2) is 0 Å². The molecule has 2 aromatic rings. The Morgan fingerprint density at radius 2 is 2.17 bits per heavy atom. The highest BCUT2D eigenvalue weighted by Crippen LogP contribution is 2.33. The van der Waals surface area contributed by atoms with Gasteiger partial charge in [0.25, 0.3) is 0 Å². The van der Waals surface area contributed by atoms with Crippen LogP contribution in [0.15, 0.2) is 24.8 Å². The van der Waals surface area contributed by atoms with Gasteiger partial charge >= 0.3 is 0 Å². The molecule has 3 heterocycles. The van der Waals surface area contributed by atoms with Crippen LogP contribution in [0.2, 0.25) is 0 Å². The number of ether oxygens (including phenoxy) is 1. The average Bonchev–Trinajstić information content (AvgIpc) is 3.25. The third-order valence-corrected chi connectivity index (χ3v) is 4.88. The fourth-order valence-corrected chi connectivity index (χ4v) is 3.67. The molecular weight excluding hydrogens is 302 g/mol. The Bertz CT molecular complexity index is 647. The molecule has 0 unspecified atom stereocenters. The van der Waals surface area contributed by atoms with E-state index in [4.69, 9.17) is 4.74 Å². The first-order chi connectivity index (χ1) is 11.6. The SMILES string of the molecule is CCOC[C@@H]1CN(Cc2nccn2C(C)C)C[C@H]1c1cnn(C)c1. The van der Waals surface area contributed by atoms with Crippen LogP contribution in [0.25, 0.3) is 0 Å². The molecular formula is C18H29N5O. The Hall–Kier alpha value is -1.66. The molecule has 132 valence electrons. The first-order valence-corrected chi connectivity index (χ1v) is 8.88. The van der Waals surface area contributed by atoms with E-state index in [2.05, 4.69) is 52.7 Å². The van der Waals surface area contributed by atoms with Gasteiger partial charge in [-0.15, -0.1) is 0 Å². The van der Waals surface area contributed by atoms with Crippen molar-refractivity contribution in [3.05, 3.63) is 36.2 Å². The second kappa shape index (κ2) is 7.49. The van der Waals surface area contributed by atoms with Gasteiger partial charge in [-0.2, -0.15) is 5.10 Å². The molecule has 3 rings (SSSR count). The maximum absolute atomic E-state index is 5.75. The number of nitrogens with zero attached hydrogens (tertiary/aromatic N) is 5. The molecule has 0 N–H and O–H groups in total. The van der Waals surface area contributed by atoms with Crippen molar-refractivity contribution in [3.63, 3.8) is 0 Å². The zero-order valence-corrected chi connectivity index (χ0v) is 15.2. The first-order valence-electron chi connectivity index (χ1n) is 8.88. The van der Waals surface area contributed by atoms with Gasteiger partial charge < -0.3 is 9.30 Å². The summed E-state index contributed by atoms with van der Waals surface area (Å²) in [4.78, 5) is 7.07. The summed E-state index contributed by atoms with van der Waals surface area (Å²) in [6, 6.07) is 0.443. The van der Waals surface area contributed by atoms with Crippen LogP contribution >= 0.6 is 0 Å². The molecule has 0 aromatic carbocycles. The largest absolute Gasteiger partial charge is 0.381 e. The zero-order chi connectivity index (χ0) is 17.1. The summed E-state index contributed by atoms with van der Waals surface area (Å²) in [7, 11) is 1.98. The second-order valence-electron chi connectivity index (χ2n) is 7.01. The Kier molecular flexibility index (Phi) is 5.36. The third kappa shape index (κ3) is 3.70. The standard InChI is InChI=1S/C18H29N5O/c1-5-24-13-16-10-22(11-17(16)15-8-20-21(4)9-15)12-18-19-6-7-23(18)14(2)3/h6-9,14,16-17H,5,10-13H2,1-4H3/t16-,17-/m0/s1. The van der Waals surface area contributed by atoms with Crippen molar-refractivity contribution in [1.29, 1.82) is 0 Å². The predicted octanol–water partition coefficient (Wildman–Crippen LogP) is 2.45. The van der Waals surface area contributed by atoms with Crippen molar-refractivity contribution in [2.45, 2.75) is 39.3 Å². The molecule has 6 nitrogen and oxygen atoms in total. The number of rotatable bonds is 7. The number of hydrogen-bond donors (Lipinski definition) is 0. The van der Waals surface area contributed by atoms with E-state index in [0.29, 0.717) is 17.9 Å². The Morgan fingerprint density at radius 3 is 2.83 bits per heavy atom. The van der Waals surface area contributed by atoms with Gasteiger partial charge in [0.1, 0.15) is 5.82 Å². The quantitative estimate of drug-likeness (QED) is 0.782. The van der Waals surface area contributed by atoms with Crippen LogP contribution in [0.5, 0.6) is 0 Å². The van der Waals surface area contributed by atoms with Gasteiger partial charge in [-0.25, -0.2) is 4.98 Å². The molecule has 1 aliphatic heterocycles. The lowest BCUT2D eigenvalue weighted by atomic mass is 9.92. The zero-order valence-electron chi connectivity index (χ0n) is 15.2. The third-order valence-electron chi connectivity index (χ3n) is 4.88. The Balaban J connectivity index is 1.72. The maximum Gasteiger partial charge on any atom is 0.123 e. The monoisotopic (exact) mass is 331 g/mol. The molecule has 6 heteroatoms. The molecule has 0 aliphatic carbocycles. The number of aromatic nitrogens is 4. The molecule has 1 saturated heterocycles. The normalized spacial score (nSPS) is 21.9. The smallest absolute Gasteiger partial charge is 0.123 e. The molecule has 2 aromatic heterocycles. The summed E-state index contributed by atoms with van der Waals surface area (Å²) in [5.41, 5.74) is 1.32. The summed E-state index contributed by atoms with van der Waals surface area (Å²) in [6.45, 7) is 11.0. The van der Waals surface area contributed by atoms with Gasteiger partial charge in [0.2, 0.25) is 0 Å². The molecule has 1 fully saturated rings. The molecule has 1 aliphatic rings. The van der Waals surface area contributed by atoms with Gasteiger partial charge in [0, 0.05) is 63.2 Å². The summed E-state index contributed by atoms with van der Waals surface area (Å²) in [5, 5.41) is 4.35. The van der Waals surface area contributed by atoms with Crippen LogP contribution in [-0.2, 0) is 18.3 Å². The van der Waals surface area contributed by atoms with E-state index in [1.165, 1.54) is 5.56 Å². The summed E-state index contributed by atoms with van der Waals surface area (Å²) >= 11 is 0. The second-order valence-corrected chi connectivity index (χ2v) is 7.01. The Labute approximate surface area is 144 Å². The summed E-state index contributed by atoms with van der Waals surface area (Å²) in [5.74, 6) is 2.14. The molecule has 24 heavy (non-hydrogen) atoms. The Morgan fingerprint density at radius 1 is 1.33 bits per heavy atom. The van der Waals surface area contributed by atoms with Gasteiger partial charge in [-0.1, -0.05) is 0 Å². The predicted molar refractivity (Wildman–Crippen MR) is 93.8 cm³/mol. The van der Waals surface area contributed by atoms with Crippen molar-refractivity contribution in [3.8, 4) is 0 Å². The van der Waals surface area contributed by atoms with Crippen LogP contribution in [0.4, 0.5) is 0 Å². The van der Waals surface area contributed by atoms with Gasteiger partial charge in [-0.05, 0) is 26.3 Å². The van der Waals surface area contributed by atoms with Crippen LogP contribution in [0.1, 0.15) is 44.1 Å². The van der Waals surface area contributed by atoms with Crippen molar-refractivity contribution < 1.29 is 4.74 Å². The fraction of sp³-hybridized carbons (Fsp3) is 0.667. The van der Waals surface area contributed by atoms with E-state index in [1.807, 2.05) is 24.1 Å².